The van der Waals surface area contributed by atoms with Crippen molar-refractivity contribution in [3.8, 4) is 11.1 Å². The van der Waals surface area contributed by atoms with Gasteiger partial charge in [0.25, 0.3) is 17.3 Å². The fraction of sp³-hybridized carbons (Fsp3) is 0.143. The molecule has 0 aliphatic carbocycles. The van der Waals surface area contributed by atoms with Crippen LogP contribution >= 0.6 is 11.3 Å². The van der Waals surface area contributed by atoms with E-state index in [1.54, 1.807) is 12.3 Å². The molecular formula is C21H17N3O7S. The minimum atomic E-state index is -0.834. The van der Waals surface area contributed by atoms with E-state index < -0.39 is 33.1 Å². The van der Waals surface area contributed by atoms with Crippen LogP contribution in [0, 0.1) is 27.2 Å². The number of hydrogen-bond acceptors (Lipinski definition) is 8. The molecule has 11 heteroatoms. The van der Waals surface area contributed by atoms with Crippen molar-refractivity contribution in [2.45, 2.75) is 13.8 Å². The lowest BCUT2D eigenvalue weighted by Gasteiger charge is -2.09. The molecule has 1 N–H and O–H groups in total. The fourth-order valence-corrected chi connectivity index (χ4v) is 3.87. The highest BCUT2D eigenvalue weighted by molar-refractivity contribution is 7.15. The summed E-state index contributed by atoms with van der Waals surface area (Å²) < 4.78 is 5.14. The van der Waals surface area contributed by atoms with Crippen LogP contribution in [0.25, 0.3) is 11.1 Å². The third-order valence-electron chi connectivity index (χ3n) is 4.45. The summed E-state index contributed by atoms with van der Waals surface area (Å²) in [5.41, 5.74) is 0.973. The van der Waals surface area contributed by atoms with Crippen LogP contribution in [0.1, 0.15) is 33.2 Å². The van der Waals surface area contributed by atoms with Crippen LogP contribution in [0.15, 0.2) is 47.8 Å². The first kappa shape index (κ1) is 22.6. The molecule has 32 heavy (non-hydrogen) atoms. The Labute approximate surface area is 185 Å². The molecule has 2 aromatic carbocycles. The maximum Gasteiger partial charge on any atom is 0.341 e. The van der Waals surface area contributed by atoms with Crippen LogP contribution < -0.4 is 5.32 Å². The number of rotatable bonds is 7. The second kappa shape index (κ2) is 9.35. The third-order valence-corrected chi connectivity index (χ3v) is 5.34. The number of nitrogens with one attached hydrogen (secondary N) is 1. The average molecular weight is 455 g/mol. The maximum atomic E-state index is 12.8. The van der Waals surface area contributed by atoms with Crippen LogP contribution in [0.3, 0.4) is 0 Å². The topological polar surface area (TPSA) is 142 Å². The number of hydrogen-bond donors (Lipinski definition) is 1. The maximum absolute atomic E-state index is 12.8. The molecule has 3 rings (SSSR count). The second-order valence-electron chi connectivity index (χ2n) is 6.65. The van der Waals surface area contributed by atoms with Gasteiger partial charge in [0, 0.05) is 23.1 Å². The van der Waals surface area contributed by atoms with E-state index >= 15 is 0 Å². The number of amides is 1. The number of carbonyl (C=O) groups is 2. The predicted molar refractivity (Wildman–Crippen MR) is 118 cm³/mol. The van der Waals surface area contributed by atoms with Gasteiger partial charge >= 0.3 is 5.97 Å². The molecule has 0 aliphatic heterocycles. The summed E-state index contributed by atoms with van der Waals surface area (Å²) in [6.45, 7) is 3.69. The van der Waals surface area contributed by atoms with Gasteiger partial charge in [-0.05, 0) is 19.4 Å². The Morgan fingerprint density at radius 1 is 1.03 bits per heavy atom. The fourth-order valence-electron chi connectivity index (χ4n) is 2.91. The Balaban J connectivity index is 2.02. The number of benzene rings is 2. The normalized spacial score (nSPS) is 10.4. The number of non-ortho nitro benzene ring substituents is 2. The van der Waals surface area contributed by atoms with Crippen molar-refractivity contribution in [2.24, 2.45) is 0 Å². The lowest BCUT2D eigenvalue weighted by atomic mass is 10.0. The van der Waals surface area contributed by atoms with Gasteiger partial charge in [0.2, 0.25) is 0 Å². The SMILES string of the molecule is CCOC(=O)c1c(-c2ccc(C)cc2)csc1NC(=O)c1cc([N+](=O)[O-])cc([N+](=O)[O-])c1. The Bertz CT molecular complexity index is 1190. The predicted octanol–water partition coefficient (Wildman–Crippen LogP) is 4.97. The third kappa shape index (κ3) is 4.78. The van der Waals surface area contributed by atoms with E-state index in [4.69, 9.17) is 4.74 Å². The van der Waals surface area contributed by atoms with Gasteiger partial charge in [0.1, 0.15) is 10.6 Å². The number of thiophene rings is 1. The van der Waals surface area contributed by atoms with Gasteiger partial charge in [-0.15, -0.1) is 11.3 Å². The van der Waals surface area contributed by atoms with Gasteiger partial charge < -0.3 is 10.1 Å². The highest BCUT2D eigenvalue weighted by atomic mass is 32.1. The van der Waals surface area contributed by atoms with Gasteiger partial charge in [-0.1, -0.05) is 29.8 Å². The largest absolute Gasteiger partial charge is 0.462 e. The van der Waals surface area contributed by atoms with E-state index in [1.165, 1.54) is 0 Å². The number of ether oxygens (including phenoxy) is 1. The van der Waals surface area contributed by atoms with Crippen LogP contribution in [0.2, 0.25) is 0 Å². The molecule has 0 saturated heterocycles. The summed E-state index contributed by atoms with van der Waals surface area (Å²) in [7, 11) is 0. The molecule has 1 amide bonds. The van der Waals surface area contributed by atoms with E-state index in [0.717, 1.165) is 40.7 Å². The number of nitro groups is 2. The summed E-state index contributed by atoms with van der Waals surface area (Å²) in [6, 6.07) is 10.0. The monoisotopic (exact) mass is 455 g/mol. The Morgan fingerprint density at radius 3 is 2.16 bits per heavy atom. The minimum absolute atomic E-state index is 0.118. The minimum Gasteiger partial charge on any atom is -0.462 e. The first-order chi connectivity index (χ1) is 15.2. The zero-order chi connectivity index (χ0) is 23.4. The van der Waals surface area contributed by atoms with E-state index in [2.05, 4.69) is 5.32 Å². The molecule has 0 aliphatic rings. The number of anilines is 1. The first-order valence-electron chi connectivity index (χ1n) is 9.32. The summed E-state index contributed by atoms with van der Waals surface area (Å²) in [5, 5.41) is 26.6. The van der Waals surface area contributed by atoms with Crippen molar-refractivity contribution in [2.75, 3.05) is 11.9 Å². The number of esters is 1. The summed E-state index contributed by atoms with van der Waals surface area (Å²) >= 11 is 1.07. The summed E-state index contributed by atoms with van der Waals surface area (Å²) in [5.74, 6) is -1.48. The average Bonchev–Trinajstić information content (AvgIpc) is 3.17. The Kier molecular flexibility index (Phi) is 6.59. The molecule has 0 radical (unpaired) electrons. The van der Waals surface area contributed by atoms with Crippen molar-refractivity contribution in [3.63, 3.8) is 0 Å². The molecular weight excluding hydrogens is 438 g/mol. The van der Waals surface area contributed by atoms with Gasteiger partial charge in [-0.2, -0.15) is 0 Å². The highest BCUT2D eigenvalue weighted by Gasteiger charge is 2.25. The molecule has 1 aromatic heterocycles. The van der Waals surface area contributed by atoms with Gasteiger partial charge in [-0.3, -0.25) is 25.0 Å². The molecule has 0 saturated carbocycles. The van der Waals surface area contributed by atoms with E-state index in [9.17, 15) is 29.8 Å². The Morgan fingerprint density at radius 2 is 1.62 bits per heavy atom. The van der Waals surface area contributed by atoms with Crippen molar-refractivity contribution < 1.29 is 24.2 Å². The number of nitro benzene ring substituents is 2. The standard InChI is InChI=1S/C21H17N3O7S/c1-3-31-21(26)18-17(13-6-4-12(2)5-7-13)11-32-20(18)22-19(25)14-8-15(23(27)28)10-16(9-14)24(29)30/h4-11H,3H2,1-2H3,(H,22,25). The Hall–Kier alpha value is -4.12. The van der Waals surface area contributed by atoms with E-state index in [-0.39, 0.29) is 22.7 Å². The number of carbonyl (C=O) groups excluding carboxylic acids is 2. The van der Waals surface area contributed by atoms with Crippen LogP contribution in [-0.2, 0) is 4.74 Å². The lowest BCUT2D eigenvalue weighted by Crippen LogP contribution is -2.15. The smallest absolute Gasteiger partial charge is 0.341 e. The molecule has 0 spiro atoms. The lowest BCUT2D eigenvalue weighted by molar-refractivity contribution is -0.394. The quantitative estimate of drug-likeness (QED) is 0.301. The molecule has 3 aromatic rings. The van der Waals surface area contributed by atoms with Crippen molar-refractivity contribution >= 4 is 39.6 Å². The molecule has 0 fully saturated rings. The van der Waals surface area contributed by atoms with Gasteiger partial charge in [-0.25, -0.2) is 4.79 Å². The van der Waals surface area contributed by atoms with Crippen LogP contribution in [0.5, 0.6) is 0 Å². The first-order valence-corrected chi connectivity index (χ1v) is 10.2. The zero-order valence-corrected chi connectivity index (χ0v) is 17.8. The molecule has 164 valence electrons. The van der Waals surface area contributed by atoms with Gasteiger partial charge in [0.15, 0.2) is 0 Å². The number of aryl methyl sites for hydroxylation is 1. The van der Waals surface area contributed by atoms with Crippen LogP contribution in [-0.4, -0.2) is 28.3 Å². The van der Waals surface area contributed by atoms with Crippen molar-refractivity contribution in [3.05, 3.63) is 84.8 Å². The second-order valence-corrected chi connectivity index (χ2v) is 7.53. The molecule has 0 unspecified atom stereocenters. The molecule has 1 heterocycles. The molecule has 10 nitrogen and oxygen atoms in total. The molecule has 0 bridgehead atoms. The van der Waals surface area contributed by atoms with E-state index in [1.807, 2.05) is 31.2 Å². The van der Waals surface area contributed by atoms with Crippen molar-refractivity contribution in [1.82, 2.24) is 0 Å². The summed E-state index contributed by atoms with van der Waals surface area (Å²) in [4.78, 5) is 46.0. The van der Waals surface area contributed by atoms with Crippen LogP contribution in [0.4, 0.5) is 16.4 Å². The van der Waals surface area contributed by atoms with E-state index in [0.29, 0.717) is 5.56 Å². The highest BCUT2D eigenvalue weighted by Crippen LogP contribution is 2.37. The summed E-state index contributed by atoms with van der Waals surface area (Å²) in [6.07, 6.45) is 0. The van der Waals surface area contributed by atoms with Crippen molar-refractivity contribution in [1.29, 1.82) is 0 Å². The number of nitrogens with zero attached hydrogens (tertiary/aromatic N) is 2. The zero-order valence-electron chi connectivity index (χ0n) is 17.0. The van der Waals surface area contributed by atoms with Gasteiger partial charge in [0.05, 0.1) is 28.1 Å². The molecule has 0 atom stereocenters.